The summed E-state index contributed by atoms with van der Waals surface area (Å²) in [6.07, 6.45) is 4.74. The number of aryl methyl sites for hydroxylation is 2. The van der Waals surface area contributed by atoms with E-state index in [-0.39, 0.29) is 44.2 Å². The van der Waals surface area contributed by atoms with Crippen LogP contribution in [0.2, 0.25) is 0 Å². The summed E-state index contributed by atoms with van der Waals surface area (Å²) in [5.41, 5.74) is 5.73. The molecule has 30 heavy (non-hydrogen) atoms. The van der Waals surface area contributed by atoms with Crippen LogP contribution in [0.15, 0.2) is 54.1 Å². The van der Waals surface area contributed by atoms with Crippen molar-refractivity contribution in [3.05, 3.63) is 88.6 Å². The Morgan fingerprint density at radius 3 is 2.67 bits per heavy atom. The fraction of sp³-hybridized carbons (Fsp3) is 0.296. The van der Waals surface area contributed by atoms with Gasteiger partial charge in [-0.3, -0.25) is 10.1 Å². The van der Waals surface area contributed by atoms with Crippen molar-refractivity contribution in [1.82, 2.24) is 9.14 Å². The summed E-state index contributed by atoms with van der Waals surface area (Å²) in [5, 5.41) is 0.853. The van der Waals surface area contributed by atoms with Gasteiger partial charge in [0.2, 0.25) is 5.49 Å². The third-order valence-corrected chi connectivity index (χ3v) is 5.31. The minimum absolute atomic E-state index is 0. The molecule has 1 aliphatic rings. The zero-order valence-electron chi connectivity index (χ0n) is 23.2. The molecule has 0 unspecified atom stereocenters. The average Bonchev–Trinajstić information content (AvgIpc) is 3.13. The van der Waals surface area contributed by atoms with E-state index in [0.29, 0.717) is 11.1 Å². The Kier molecular flexibility index (Phi) is 5.15. The molecule has 0 spiro atoms. The van der Waals surface area contributed by atoms with Crippen LogP contribution in [0.4, 0.5) is 5.69 Å². The molecule has 0 N–H and O–H groups in total. The molecule has 0 saturated heterocycles. The van der Waals surface area contributed by atoms with E-state index < -0.39 is 13.2 Å². The molecule has 3 aromatic rings. The monoisotopic (exact) mass is 475 g/mol. The van der Waals surface area contributed by atoms with Crippen molar-refractivity contribution in [1.29, 1.82) is 0 Å². The summed E-state index contributed by atoms with van der Waals surface area (Å²) < 4.78 is 45.2. The van der Waals surface area contributed by atoms with Gasteiger partial charge in [-0.25, -0.2) is 5.57 Å². The predicted molar refractivity (Wildman–Crippen MR) is 122 cm³/mol. The Bertz CT molecular complexity index is 1430. The SMILES string of the molecule is [2H]C([2H])([2H])C(=[C-]C)C1=[C-][N+](=c2ccc3c(C([2H])([2H])C(C)C)cccc3n2C)c2c(C)cccc21.[Y]. The molecule has 0 fully saturated rings. The summed E-state index contributed by atoms with van der Waals surface area (Å²) >= 11 is 0. The Balaban J connectivity index is 0.00000342. The van der Waals surface area contributed by atoms with Gasteiger partial charge >= 0.3 is 0 Å². The van der Waals surface area contributed by atoms with Gasteiger partial charge in [0.15, 0.2) is 0 Å². The molecule has 4 rings (SSSR count). The molecule has 2 aromatic carbocycles. The number of aromatic nitrogens is 1. The molecular weight excluding hydrogens is 441 g/mol. The molecule has 1 aliphatic heterocycles. The standard InChI is InChI=1S/C27H29N2.Y/c1-7-19(4)24-17-29(27-20(5)10-8-12-23(24)27)26-15-14-22-21(16-18(2)3)11-9-13-25(22)28(26)6;/h8-15,18H,16H2,1-6H3;/q-1;/i4D3,16D2;. The second-order valence-electron chi connectivity index (χ2n) is 7.71. The van der Waals surface area contributed by atoms with E-state index in [1.54, 1.807) is 6.92 Å². The quantitative estimate of drug-likeness (QED) is 0.339. The Labute approximate surface area is 212 Å². The van der Waals surface area contributed by atoms with Crippen LogP contribution in [0.3, 0.4) is 0 Å². The molecule has 3 heteroatoms. The van der Waals surface area contributed by atoms with Gasteiger partial charge in [0.1, 0.15) is 5.52 Å². The van der Waals surface area contributed by atoms with Crippen LogP contribution in [-0.4, -0.2) is 4.57 Å². The van der Waals surface area contributed by atoms with Gasteiger partial charge in [-0.2, -0.15) is 0 Å². The van der Waals surface area contributed by atoms with Crippen LogP contribution in [-0.2, 0) is 46.1 Å². The second kappa shape index (κ2) is 9.16. The number of benzene rings is 2. The average molecular weight is 475 g/mol. The molecule has 0 saturated carbocycles. The maximum Gasteiger partial charge on any atom is 0.221 e. The minimum atomic E-state index is -2.31. The van der Waals surface area contributed by atoms with Crippen LogP contribution >= 0.6 is 0 Å². The molecule has 0 amide bonds. The molecular formula is C27H29N2Y-. The first-order valence-electron chi connectivity index (χ1n) is 12.4. The van der Waals surface area contributed by atoms with Crippen LogP contribution in [0.25, 0.3) is 16.5 Å². The van der Waals surface area contributed by atoms with Crippen molar-refractivity contribution in [3.63, 3.8) is 0 Å². The summed E-state index contributed by atoms with van der Waals surface area (Å²) in [6, 6.07) is 15.5. The Morgan fingerprint density at radius 2 is 1.97 bits per heavy atom. The smallest absolute Gasteiger partial charge is 0.221 e. The first-order chi connectivity index (χ1) is 15.9. The van der Waals surface area contributed by atoms with Gasteiger partial charge in [-0.1, -0.05) is 38.1 Å². The molecule has 0 atom stereocenters. The number of para-hydroxylation sites is 1. The predicted octanol–water partition coefficient (Wildman–Crippen LogP) is 5.71. The van der Waals surface area contributed by atoms with E-state index in [2.05, 4.69) is 12.3 Å². The second-order valence-corrected chi connectivity index (χ2v) is 7.71. The molecule has 1 aromatic heterocycles. The number of pyridine rings is 1. The number of hydrogen-bond donors (Lipinski definition) is 0. The zero-order valence-corrected chi connectivity index (χ0v) is 21.0. The van der Waals surface area contributed by atoms with Crippen LogP contribution in [0.1, 0.15) is 51.2 Å². The van der Waals surface area contributed by atoms with Crippen LogP contribution in [0, 0.1) is 25.1 Å². The summed E-state index contributed by atoms with van der Waals surface area (Å²) in [7, 11) is 1.94. The number of hydrogen-bond acceptors (Lipinski definition) is 0. The van der Waals surface area contributed by atoms with E-state index in [9.17, 15) is 0 Å². The van der Waals surface area contributed by atoms with Crippen molar-refractivity contribution in [2.45, 2.75) is 40.9 Å². The van der Waals surface area contributed by atoms with Gasteiger partial charge in [0.05, 0.1) is 7.05 Å². The van der Waals surface area contributed by atoms with Crippen molar-refractivity contribution < 1.29 is 39.6 Å². The summed E-state index contributed by atoms with van der Waals surface area (Å²) in [6.45, 7) is 5.09. The summed E-state index contributed by atoms with van der Waals surface area (Å²) in [4.78, 5) is 0. The first-order valence-corrected chi connectivity index (χ1v) is 9.91. The van der Waals surface area contributed by atoms with Gasteiger partial charge in [0, 0.05) is 50.6 Å². The fourth-order valence-electron chi connectivity index (χ4n) is 3.95. The van der Waals surface area contributed by atoms with Gasteiger partial charge in [0.25, 0.3) is 0 Å². The van der Waals surface area contributed by atoms with Crippen molar-refractivity contribution >= 4 is 22.2 Å². The fourth-order valence-corrected chi connectivity index (χ4v) is 3.95. The zero-order chi connectivity index (χ0) is 25.0. The maximum absolute atomic E-state index is 8.64. The van der Waals surface area contributed by atoms with Gasteiger partial charge in [-0.05, 0) is 54.7 Å². The molecule has 2 heterocycles. The molecule has 1 radical (unpaired) electrons. The summed E-state index contributed by atoms with van der Waals surface area (Å²) in [5.74, 6) is -0.176. The maximum atomic E-state index is 8.64. The third-order valence-electron chi connectivity index (χ3n) is 5.31. The Hall–Kier alpha value is -1.77. The topological polar surface area (TPSA) is 7.94 Å². The van der Waals surface area contributed by atoms with E-state index in [0.717, 1.165) is 33.2 Å². The van der Waals surface area contributed by atoms with Crippen molar-refractivity contribution in [2.75, 3.05) is 0 Å². The van der Waals surface area contributed by atoms with Crippen LogP contribution in [0.5, 0.6) is 0 Å². The first kappa shape index (κ1) is 16.9. The largest absolute Gasteiger partial charge is 0.317 e. The molecule has 151 valence electrons. The third kappa shape index (κ3) is 3.93. The van der Waals surface area contributed by atoms with E-state index in [1.165, 1.54) is 0 Å². The van der Waals surface area contributed by atoms with Gasteiger partial charge < -0.3 is 10.7 Å². The van der Waals surface area contributed by atoms with E-state index >= 15 is 0 Å². The molecule has 2 nitrogen and oxygen atoms in total. The molecule has 0 aliphatic carbocycles. The number of allylic oxidation sites excluding steroid dienone is 3. The van der Waals surface area contributed by atoms with Crippen molar-refractivity contribution in [3.8, 4) is 0 Å². The van der Waals surface area contributed by atoms with E-state index in [1.807, 2.05) is 85.5 Å². The minimum Gasteiger partial charge on any atom is -0.317 e. The number of nitrogens with zero attached hydrogens (tertiary/aromatic N) is 2. The van der Waals surface area contributed by atoms with Gasteiger partial charge in [-0.15, -0.1) is 25.4 Å². The number of rotatable bonds is 3. The van der Waals surface area contributed by atoms with E-state index in [4.69, 9.17) is 6.85 Å². The Morgan fingerprint density at radius 1 is 1.20 bits per heavy atom. The van der Waals surface area contributed by atoms with Crippen LogP contribution < -0.4 is 10.1 Å². The number of fused-ring (bicyclic) bond motifs is 2. The van der Waals surface area contributed by atoms with Crippen molar-refractivity contribution in [2.24, 2.45) is 13.0 Å². The normalized spacial score (nSPS) is 18.7. The molecule has 0 bridgehead atoms.